The number of nitrogens with one attached hydrogen (secondary N) is 1. The summed E-state index contributed by atoms with van der Waals surface area (Å²) in [7, 11) is -4.04. The normalized spacial score (nSPS) is 12.0. The SMILES string of the molecule is COc1ccc(-c2sc(NS(=O)(=O)C(F)(F)F)nc2-c2ccccc2)cc1. The Morgan fingerprint density at radius 3 is 2.19 bits per heavy atom. The van der Waals surface area contributed by atoms with Crippen LogP contribution in [0.25, 0.3) is 21.7 Å². The van der Waals surface area contributed by atoms with Gasteiger partial charge in [0.15, 0.2) is 5.13 Å². The van der Waals surface area contributed by atoms with Crippen molar-refractivity contribution in [3.8, 4) is 27.4 Å². The fourth-order valence-corrected chi connectivity index (χ4v) is 4.00. The lowest BCUT2D eigenvalue weighted by atomic mass is 10.1. The minimum atomic E-state index is -5.55. The Bertz CT molecular complexity index is 1030. The molecular formula is C17H13F3N2O3S2. The van der Waals surface area contributed by atoms with E-state index in [0.717, 1.165) is 11.3 Å². The molecule has 0 saturated heterocycles. The van der Waals surface area contributed by atoms with Crippen LogP contribution in [-0.2, 0) is 10.0 Å². The van der Waals surface area contributed by atoms with E-state index in [4.69, 9.17) is 4.74 Å². The topological polar surface area (TPSA) is 68.3 Å². The number of halogens is 3. The molecule has 1 aromatic heterocycles. The Kier molecular flexibility index (Phi) is 5.11. The number of anilines is 1. The Balaban J connectivity index is 2.09. The molecule has 142 valence electrons. The molecule has 0 aliphatic heterocycles. The van der Waals surface area contributed by atoms with Crippen LogP contribution in [0.1, 0.15) is 0 Å². The second-order valence-corrected chi connectivity index (χ2v) is 8.02. The summed E-state index contributed by atoms with van der Waals surface area (Å²) >= 11 is 0.822. The van der Waals surface area contributed by atoms with E-state index in [9.17, 15) is 21.6 Å². The number of nitrogens with zero attached hydrogens (tertiary/aromatic N) is 1. The highest BCUT2D eigenvalue weighted by molar-refractivity contribution is 7.93. The van der Waals surface area contributed by atoms with Crippen molar-refractivity contribution in [2.75, 3.05) is 11.8 Å². The van der Waals surface area contributed by atoms with E-state index < -0.39 is 15.5 Å². The third-order valence-electron chi connectivity index (χ3n) is 3.55. The van der Waals surface area contributed by atoms with Crippen molar-refractivity contribution in [3.05, 3.63) is 54.6 Å². The van der Waals surface area contributed by atoms with E-state index in [1.807, 2.05) is 0 Å². The molecule has 3 aromatic rings. The zero-order chi connectivity index (χ0) is 19.7. The molecule has 10 heteroatoms. The number of thiazole rings is 1. The first-order valence-corrected chi connectivity index (χ1v) is 9.81. The van der Waals surface area contributed by atoms with Crippen molar-refractivity contribution in [1.29, 1.82) is 0 Å². The number of benzene rings is 2. The average Bonchev–Trinajstić information content (AvgIpc) is 3.04. The molecule has 2 aromatic carbocycles. The summed E-state index contributed by atoms with van der Waals surface area (Å²) < 4.78 is 67.4. The molecule has 0 radical (unpaired) electrons. The summed E-state index contributed by atoms with van der Waals surface area (Å²) in [6.45, 7) is 0. The van der Waals surface area contributed by atoms with Crippen LogP contribution in [0.5, 0.6) is 5.75 Å². The molecule has 0 bridgehead atoms. The van der Waals surface area contributed by atoms with Crippen LogP contribution in [0.4, 0.5) is 18.3 Å². The second-order valence-electron chi connectivity index (χ2n) is 5.34. The number of alkyl halides is 3. The lowest BCUT2D eigenvalue weighted by Crippen LogP contribution is -2.29. The molecular weight excluding hydrogens is 401 g/mol. The number of sulfonamides is 1. The van der Waals surface area contributed by atoms with Crippen molar-refractivity contribution < 1.29 is 26.3 Å². The number of ether oxygens (including phenoxy) is 1. The van der Waals surface area contributed by atoms with E-state index in [1.165, 1.54) is 11.8 Å². The Morgan fingerprint density at radius 2 is 1.63 bits per heavy atom. The maximum Gasteiger partial charge on any atom is 0.516 e. The minimum Gasteiger partial charge on any atom is -0.497 e. The van der Waals surface area contributed by atoms with E-state index in [-0.39, 0.29) is 5.13 Å². The van der Waals surface area contributed by atoms with Crippen LogP contribution < -0.4 is 9.46 Å². The average molecular weight is 414 g/mol. The van der Waals surface area contributed by atoms with Gasteiger partial charge in [0.2, 0.25) is 0 Å². The predicted molar refractivity (Wildman–Crippen MR) is 98.1 cm³/mol. The van der Waals surface area contributed by atoms with Crippen LogP contribution in [-0.4, -0.2) is 26.0 Å². The van der Waals surface area contributed by atoms with Gasteiger partial charge in [0.05, 0.1) is 17.7 Å². The smallest absolute Gasteiger partial charge is 0.497 e. The summed E-state index contributed by atoms with van der Waals surface area (Å²) in [5, 5.41) is -0.364. The van der Waals surface area contributed by atoms with Crippen molar-refractivity contribution in [2.45, 2.75) is 5.51 Å². The highest BCUT2D eigenvalue weighted by atomic mass is 32.2. The minimum absolute atomic E-state index is 0.364. The van der Waals surface area contributed by atoms with E-state index in [2.05, 4.69) is 4.98 Å². The first-order chi connectivity index (χ1) is 12.7. The molecule has 0 aliphatic rings. The quantitative estimate of drug-likeness (QED) is 0.654. The van der Waals surface area contributed by atoms with Gasteiger partial charge in [-0.1, -0.05) is 41.7 Å². The molecule has 1 N–H and O–H groups in total. The molecule has 0 saturated carbocycles. The maximum absolute atomic E-state index is 12.7. The molecule has 0 aliphatic carbocycles. The van der Waals surface area contributed by atoms with Crippen LogP contribution in [0.3, 0.4) is 0 Å². The molecule has 5 nitrogen and oxygen atoms in total. The van der Waals surface area contributed by atoms with Crippen LogP contribution in [0, 0.1) is 0 Å². The first-order valence-electron chi connectivity index (χ1n) is 7.51. The van der Waals surface area contributed by atoms with E-state index in [0.29, 0.717) is 27.4 Å². The van der Waals surface area contributed by atoms with Crippen molar-refractivity contribution in [3.63, 3.8) is 0 Å². The van der Waals surface area contributed by atoms with Crippen LogP contribution in [0.2, 0.25) is 0 Å². The zero-order valence-corrected chi connectivity index (χ0v) is 15.5. The third kappa shape index (κ3) is 4.06. The summed E-state index contributed by atoms with van der Waals surface area (Å²) in [6.07, 6.45) is 0. The number of hydrogen-bond acceptors (Lipinski definition) is 5. The van der Waals surface area contributed by atoms with Gasteiger partial charge >= 0.3 is 15.5 Å². The van der Waals surface area contributed by atoms with E-state index >= 15 is 0 Å². The van der Waals surface area contributed by atoms with Gasteiger partial charge in [-0.05, 0) is 29.8 Å². The van der Waals surface area contributed by atoms with Gasteiger partial charge in [-0.3, -0.25) is 4.72 Å². The summed E-state index contributed by atoms with van der Waals surface area (Å²) in [5.74, 6) is 0.613. The standard InChI is InChI=1S/C17H13F3N2O3S2/c1-25-13-9-7-12(8-10-13)15-14(11-5-3-2-4-6-11)21-16(26-15)22-27(23,24)17(18,19)20/h2-10H,1H3,(H,21,22). The van der Waals surface area contributed by atoms with E-state index in [1.54, 1.807) is 54.6 Å². The van der Waals surface area contributed by atoms with Gasteiger partial charge in [0.1, 0.15) is 5.75 Å². The molecule has 1 heterocycles. The van der Waals surface area contributed by atoms with Crippen molar-refractivity contribution in [1.82, 2.24) is 4.98 Å². The molecule has 0 atom stereocenters. The third-order valence-corrected chi connectivity index (χ3v) is 5.77. The highest BCUT2D eigenvalue weighted by Crippen LogP contribution is 2.40. The predicted octanol–water partition coefficient (Wildman–Crippen LogP) is 4.75. The molecule has 0 fully saturated rings. The van der Waals surface area contributed by atoms with Crippen molar-refractivity contribution in [2.24, 2.45) is 0 Å². The molecule has 27 heavy (non-hydrogen) atoms. The van der Waals surface area contributed by atoms with Gasteiger partial charge in [0, 0.05) is 5.56 Å². The molecule has 3 rings (SSSR count). The molecule has 0 spiro atoms. The molecule has 0 amide bonds. The van der Waals surface area contributed by atoms with Crippen molar-refractivity contribution >= 4 is 26.5 Å². The number of rotatable bonds is 5. The van der Waals surface area contributed by atoms with Crippen LogP contribution >= 0.6 is 11.3 Å². The van der Waals surface area contributed by atoms with Gasteiger partial charge in [-0.25, -0.2) is 4.98 Å². The largest absolute Gasteiger partial charge is 0.516 e. The summed E-state index contributed by atoms with van der Waals surface area (Å²) in [6, 6.07) is 15.6. The fourth-order valence-electron chi connectivity index (χ4n) is 2.27. The Morgan fingerprint density at radius 1 is 1.00 bits per heavy atom. The maximum atomic E-state index is 12.7. The molecule has 0 unspecified atom stereocenters. The number of hydrogen-bond donors (Lipinski definition) is 1. The Hall–Kier alpha value is -2.59. The number of methoxy groups -OCH3 is 1. The lowest BCUT2D eigenvalue weighted by molar-refractivity contribution is -0.0429. The van der Waals surface area contributed by atoms with Gasteiger partial charge in [-0.15, -0.1) is 0 Å². The van der Waals surface area contributed by atoms with Gasteiger partial charge in [0.25, 0.3) is 0 Å². The lowest BCUT2D eigenvalue weighted by Gasteiger charge is -2.07. The number of aromatic nitrogens is 1. The summed E-state index contributed by atoms with van der Waals surface area (Å²) in [5.41, 5.74) is -3.72. The Labute approximate surface area is 157 Å². The summed E-state index contributed by atoms with van der Waals surface area (Å²) in [4.78, 5) is 4.63. The van der Waals surface area contributed by atoms with Crippen LogP contribution in [0.15, 0.2) is 54.6 Å². The monoisotopic (exact) mass is 414 g/mol. The zero-order valence-electron chi connectivity index (χ0n) is 13.8. The van der Waals surface area contributed by atoms with Gasteiger partial charge < -0.3 is 4.74 Å². The first kappa shape index (κ1) is 19.2. The second kappa shape index (κ2) is 7.20. The highest BCUT2D eigenvalue weighted by Gasteiger charge is 2.46. The fraction of sp³-hybridized carbons (Fsp3) is 0.118. The van der Waals surface area contributed by atoms with Gasteiger partial charge in [-0.2, -0.15) is 21.6 Å².